The van der Waals surface area contributed by atoms with Gasteiger partial charge in [0, 0.05) is 23.0 Å². The monoisotopic (exact) mass is 432 g/mol. The van der Waals surface area contributed by atoms with Gasteiger partial charge in [0.05, 0.1) is 19.3 Å². The summed E-state index contributed by atoms with van der Waals surface area (Å²) in [6.45, 7) is 11.9. The molecule has 0 atom stereocenters. The van der Waals surface area contributed by atoms with Crippen LogP contribution >= 0.6 is 0 Å². The Bertz CT molecular complexity index is 1120. The molecule has 168 valence electrons. The zero-order valence-electron chi connectivity index (χ0n) is 20.0. The van der Waals surface area contributed by atoms with E-state index in [1.807, 2.05) is 65.0 Å². The lowest BCUT2D eigenvalue weighted by Gasteiger charge is -2.28. The number of pyridine rings is 1. The minimum atomic E-state index is -0.615. The third-order valence-electron chi connectivity index (χ3n) is 5.29. The summed E-state index contributed by atoms with van der Waals surface area (Å²) in [6, 6.07) is 16.2. The number of ether oxygens (including phenoxy) is 2. The second-order valence-electron chi connectivity index (χ2n) is 8.98. The van der Waals surface area contributed by atoms with E-state index >= 15 is 0 Å². The van der Waals surface area contributed by atoms with Gasteiger partial charge in [0.15, 0.2) is 0 Å². The van der Waals surface area contributed by atoms with Crippen LogP contribution in [0.3, 0.4) is 0 Å². The molecule has 0 aliphatic rings. The number of benzene rings is 2. The molecule has 0 aliphatic heterocycles. The largest absolute Gasteiger partial charge is 0.496 e. The lowest BCUT2D eigenvalue weighted by Crippen LogP contribution is -2.37. The van der Waals surface area contributed by atoms with Gasteiger partial charge in [0.2, 0.25) is 0 Å². The number of rotatable bonds is 5. The first-order valence-corrected chi connectivity index (χ1v) is 10.8. The fraction of sp³-hybridized carbons (Fsp3) is 0.333. The van der Waals surface area contributed by atoms with Crippen LogP contribution in [0.25, 0.3) is 11.1 Å². The molecule has 2 aromatic carbocycles. The van der Waals surface area contributed by atoms with E-state index in [1.54, 1.807) is 18.2 Å². The fourth-order valence-electron chi connectivity index (χ4n) is 3.70. The smallest absolute Gasteiger partial charge is 0.415 e. The second-order valence-corrected chi connectivity index (χ2v) is 8.98. The van der Waals surface area contributed by atoms with Crippen molar-refractivity contribution in [3.8, 4) is 16.9 Å². The minimum Gasteiger partial charge on any atom is -0.496 e. The predicted octanol–water partition coefficient (Wildman–Crippen LogP) is 6.62. The molecule has 1 amide bonds. The van der Waals surface area contributed by atoms with Crippen molar-refractivity contribution in [3.05, 3.63) is 77.1 Å². The van der Waals surface area contributed by atoms with Gasteiger partial charge in [0.1, 0.15) is 11.4 Å². The Morgan fingerprint density at radius 3 is 2.38 bits per heavy atom. The number of anilines is 1. The molecule has 1 aromatic heterocycles. The van der Waals surface area contributed by atoms with Gasteiger partial charge in [-0.3, -0.25) is 9.88 Å². The average molecular weight is 433 g/mol. The van der Waals surface area contributed by atoms with Crippen molar-refractivity contribution in [2.45, 2.75) is 53.7 Å². The Kier molecular flexibility index (Phi) is 6.87. The number of aryl methyl sites for hydroxylation is 2. The zero-order chi connectivity index (χ0) is 23.5. The van der Waals surface area contributed by atoms with Crippen LogP contribution in [0, 0.1) is 20.8 Å². The number of nitrogens with zero attached hydrogens (tertiary/aromatic N) is 2. The lowest BCUT2D eigenvalue weighted by atomic mass is 10.00. The summed E-state index contributed by atoms with van der Waals surface area (Å²) < 4.78 is 11.3. The number of hydrogen-bond acceptors (Lipinski definition) is 4. The van der Waals surface area contributed by atoms with E-state index in [4.69, 9.17) is 9.47 Å². The van der Waals surface area contributed by atoms with E-state index in [-0.39, 0.29) is 6.54 Å². The van der Waals surface area contributed by atoms with E-state index in [0.29, 0.717) is 0 Å². The van der Waals surface area contributed by atoms with Crippen molar-refractivity contribution < 1.29 is 14.3 Å². The van der Waals surface area contributed by atoms with Gasteiger partial charge in [-0.2, -0.15) is 0 Å². The Labute approximate surface area is 191 Å². The summed E-state index contributed by atoms with van der Waals surface area (Å²) in [4.78, 5) is 19.5. The molecule has 0 aliphatic carbocycles. The molecule has 0 radical (unpaired) electrons. The first kappa shape index (κ1) is 23.3. The Balaban J connectivity index is 2.06. The van der Waals surface area contributed by atoms with Crippen molar-refractivity contribution in [2.24, 2.45) is 0 Å². The summed E-state index contributed by atoms with van der Waals surface area (Å²) in [5.41, 5.74) is 6.12. The molecule has 5 nitrogen and oxygen atoms in total. The third kappa shape index (κ3) is 5.28. The maximum absolute atomic E-state index is 13.3. The highest BCUT2D eigenvalue weighted by Crippen LogP contribution is 2.30. The molecule has 32 heavy (non-hydrogen) atoms. The van der Waals surface area contributed by atoms with Crippen molar-refractivity contribution in [2.75, 3.05) is 12.0 Å². The number of carbonyl (C=O) groups excluding carboxylic acids is 1. The second kappa shape index (κ2) is 9.43. The van der Waals surface area contributed by atoms with Crippen molar-refractivity contribution in [1.29, 1.82) is 0 Å². The Hall–Kier alpha value is -3.34. The van der Waals surface area contributed by atoms with Crippen LogP contribution in [0.15, 0.2) is 54.7 Å². The van der Waals surface area contributed by atoms with Crippen LogP contribution in [0.1, 0.15) is 43.2 Å². The molecule has 0 saturated heterocycles. The van der Waals surface area contributed by atoms with Gasteiger partial charge >= 0.3 is 6.09 Å². The molecular weight excluding hydrogens is 400 g/mol. The summed E-state index contributed by atoms with van der Waals surface area (Å²) >= 11 is 0. The summed E-state index contributed by atoms with van der Waals surface area (Å²) in [6.07, 6.45) is 1.36. The van der Waals surface area contributed by atoms with Gasteiger partial charge in [-0.1, -0.05) is 36.4 Å². The van der Waals surface area contributed by atoms with E-state index in [0.717, 1.165) is 39.4 Å². The van der Waals surface area contributed by atoms with Crippen LogP contribution in [0.4, 0.5) is 10.5 Å². The maximum Gasteiger partial charge on any atom is 0.415 e. The molecule has 0 N–H and O–H groups in total. The van der Waals surface area contributed by atoms with Gasteiger partial charge in [-0.05, 0) is 70.4 Å². The molecule has 3 rings (SSSR count). The molecule has 3 aromatic rings. The van der Waals surface area contributed by atoms with Gasteiger partial charge in [-0.25, -0.2) is 4.79 Å². The fourth-order valence-corrected chi connectivity index (χ4v) is 3.70. The van der Waals surface area contributed by atoms with Crippen molar-refractivity contribution in [1.82, 2.24) is 4.98 Å². The number of amides is 1. The number of hydrogen-bond donors (Lipinski definition) is 0. The SMILES string of the molecule is COc1c(C)cnc(CN(C(=O)OC(C)(C)C)c2cccc(-c3ccccc3C)c2)c1C. The number of aromatic nitrogens is 1. The molecule has 0 spiro atoms. The third-order valence-corrected chi connectivity index (χ3v) is 5.29. The summed E-state index contributed by atoms with van der Waals surface area (Å²) in [7, 11) is 1.65. The Morgan fingerprint density at radius 1 is 1.00 bits per heavy atom. The topological polar surface area (TPSA) is 51.7 Å². The zero-order valence-corrected chi connectivity index (χ0v) is 20.0. The Morgan fingerprint density at radius 2 is 1.72 bits per heavy atom. The van der Waals surface area contributed by atoms with Crippen LogP contribution in [0.2, 0.25) is 0 Å². The molecule has 0 unspecified atom stereocenters. The van der Waals surface area contributed by atoms with Gasteiger partial charge in [-0.15, -0.1) is 0 Å². The molecular formula is C27H32N2O3. The maximum atomic E-state index is 13.3. The first-order chi connectivity index (χ1) is 15.1. The van der Waals surface area contributed by atoms with Gasteiger partial charge < -0.3 is 9.47 Å². The quantitative estimate of drug-likeness (QED) is 0.454. The summed E-state index contributed by atoms with van der Waals surface area (Å²) in [5, 5.41) is 0. The summed E-state index contributed by atoms with van der Waals surface area (Å²) in [5.74, 6) is 0.785. The first-order valence-electron chi connectivity index (χ1n) is 10.8. The van der Waals surface area contributed by atoms with Crippen LogP contribution in [-0.4, -0.2) is 23.8 Å². The predicted molar refractivity (Wildman–Crippen MR) is 129 cm³/mol. The molecule has 0 bridgehead atoms. The standard InChI is InChI=1S/C27H32N2O3/c1-18-11-8-9-14-23(18)21-12-10-13-22(15-21)29(26(30)32-27(4,5)6)17-24-20(3)25(31-7)19(2)16-28-24/h8-16H,17H2,1-7H3. The average Bonchev–Trinajstić information content (AvgIpc) is 2.73. The highest BCUT2D eigenvalue weighted by atomic mass is 16.6. The minimum absolute atomic E-state index is 0.272. The highest BCUT2D eigenvalue weighted by Gasteiger charge is 2.25. The highest BCUT2D eigenvalue weighted by molar-refractivity contribution is 5.89. The molecule has 0 fully saturated rings. The number of methoxy groups -OCH3 is 1. The van der Waals surface area contributed by atoms with Crippen LogP contribution in [0.5, 0.6) is 5.75 Å². The molecule has 5 heteroatoms. The van der Waals surface area contributed by atoms with E-state index < -0.39 is 11.7 Å². The number of carbonyl (C=O) groups is 1. The van der Waals surface area contributed by atoms with E-state index in [9.17, 15) is 4.79 Å². The van der Waals surface area contributed by atoms with E-state index in [2.05, 4.69) is 30.1 Å². The van der Waals surface area contributed by atoms with E-state index in [1.165, 1.54) is 5.56 Å². The van der Waals surface area contributed by atoms with Crippen molar-refractivity contribution in [3.63, 3.8) is 0 Å². The lowest BCUT2D eigenvalue weighted by molar-refractivity contribution is 0.0577. The van der Waals surface area contributed by atoms with Crippen molar-refractivity contribution >= 4 is 11.8 Å². The van der Waals surface area contributed by atoms with Crippen LogP contribution in [-0.2, 0) is 11.3 Å². The molecule has 1 heterocycles. The normalized spacial score (nSPS) is 11.2. The van der Waals surface area contributed by atoms with Gasteiger partial charge in [0.25, 0.3) is 0 Å². The molecule has 0 saturated carbocycles. The van der Waals surface area contributed by atoms with Crippen LogP contribution < -0.4 is 9.64 Å².